The van der Waals surface area contributed by atoms with E-state index >= 15 is 0 Å². The Morgan fingerprint density at radius 2 is 2.16 bits per heavy atom. The largest absolute Gasteiger partial charge is 0.501 e. The molecule has 1 aromatic rings. The summed E-state index contributed by atoms with van der Waals surface area (Å²) in [4.78, 5) is 15.8. The van der Waals surface area contributed by atoms with Crippen LogP contribution in [0.1, 0.15) is 20.3 Å². The molecule has 0 aliphatic carbocycles. The molecule has 0 spiro atoms. The number of allylic oxidation sites excluding steroid dienone is 1. The maximum atomic E-state index is 11.7. The average molecular weight is 366 g/mol. The molecule has 2 N–H and O–H groups in total. The van der Waals surface area contributed by atoms with Gasteiger partial charge in [-0.15, -0.1) is 0 Å². The van der Waals surface area contributed by atoms with Crippen LogP contribution in [-0.2, 0) is 4.74 Å². The van der Waals surface area contributed by atoms with Crippen molar-refractivity contribution in [2.45, 2.75) is 20.3 Å². The van der Waals surface area contributed by atoms with E-state index in [1.165, 1.54) is 0 Å². The zero-order chi connectivity index (χ0) is 18.8. The summed E-state index contributed by atoms with van der Waals surface area (Å²) in [5, 5.41) is 5.75. The Hall–Kier alpha value is -2.47. The summed E-state index contributed by atoms with van der Waals surface area (Å²) in [6.45, 7) is 8.28. The molecule has 7 heteroatoms. The van der Waals surface area contributed by atoms with Crippen LogP contribution in [0.2, 0.25) is 5.02 Å². The first-order chi connectivity index (χ1) is 11.9. The first-order valence-corrected chi connectivity index (χ1v) is 8.19. The highest BCUT2D eigenvalue weighted by Crippen LogP contribution is 2.27. The standard InChI is InChI=1S/C18H24ClN3O3/c1-6-9-21-18(23)22-16-8-7-14(11-15(16)19)25-17(20-4)12(2)10-13(3)24-5/h7-8,10-11H,2,6,9H2,1,3-5H3,(H2,21,22,23)/b13-10+,20-17?. The number of benzene rings is 1. The van der Waals surface area contributed by atoms with Gasteiger partial charge in [0.25, 0.3) is 0 Å². The lowest BCUT2D eigenvalue weighted by Gasteiger charge is -2.12. The fraction of sp³-hybridized carbons (Fsp3) is 0.333. The van der Waals surface area contributed by atoms with Crippen LogP contribution < -0.4 is 15.4 Å². The zero-order valence-corrected chi connectivity index (χ0v) is 15.7. The molecule has 0 atom stereocenters. The summed E-state index contributed by atoms with van der Waals surface area (Å²) in [7, 11) is 3.18. The van der Waals surface area contributed by atoms with Gasteiger partial charge in [-0.3, -0.25) is 4.99 Å². The van der Waals surface area contributed by atoms with E-state index < -0.39 is 0 Å². The van der Waals surface area contributed by atoms with Crippen molar-refractivity contribution in [2.75, 3.05) is 26.0 Å². The SMILES string of the molecule is C=C(/C=C(\C)OC)C(=NC)Oc1ccc(NC(=O)NCCC)c(Cl)c1. The lowest BCUT2D eigenvalue weighted by molar-refractivity contribution is 0.252. The highest BCUT2D eigenvalue weighted by molar-refractivity contribution is 6.33. The number of aliphatic imine (C=N–C) groups is 1. The Kier molecular flexibility index (Phi) is 8.56. The van der Waals surface area contributed by atoms with Crippen LogP contribution in [0.5, 0.6) is 5.75 Å². The van der Waals surface area contributed by atoms with Crippen LogP contribution in [0, 0.1) is 0 Å². The number of carbonyl (C=O) groups excluding carboxylic acids is 1. The molecule has 0 unspecified atom stereocenters. The predicted molar refractivity (Wildman–Crippen MR) is 103 cm³/mol. The van der Waals surface area contributed by atoms with Gasteiger partial charge in [0, 0.05) is 25.2 Å². The van der Waals surface area contributed by atoms with E-state index in [1.54, 1.807) is 45.4 Å². The van der Waals surface area contributed by atoms with Gasteiger partial charge in [-0.05, 0) is 31.6 Å². The van der Waals surface area contributed by atoms with Crippen molar-refractivity contribution in [1.29, 1.82) is 0 Å². The molecule has 0 aliphatic rings. The second kappa shape index (κ2) is 10.4. The number of nitrogens with zero attached hydrogens (tertiary/aromatic N) is 1. The van der Waals surface area contributed by atoms with Crippen molar-refractivity contribution in [3.05, 3.63) is 47.2 Å². The number of hydrogen-bond donors (Lipinski definition) is 2. The van der Waals surface area contributed by atoms with Crippen LogP contribution >= 0.6 is 11.6 Å². The third kappa shape index (κ3) is 6.89. The third-order valence-electron chi connectivity index (χ3n) is 3.12. The number of carbonyl (C=O) groups is 1. The summed E-state index contributed by atoms with van der Waals surface area (Å²) >= 11 is 6.20. The van der Waals surface area contributed by atoms with E-state index in [-0.39, 0.29) is 6.03 Å². The van der Waals surface area contributed by atoms with Crippen molar-refractivity contribution in [3.63, 3.8) is 0 Å². The normalized spacial score (nSPS) is 11.7. The molecule has 25 heavy (non-hydrogen) atoms. The molecular weight excluding hydrogens is 342 g/mol. The van der Waals surface area contributed by atoms with Gasteiger partial charge in [-0.1, -0.05) is 25.1 Å². The number of amides is 2. The molecule has 0 aromatic heterocycles. The van der Waals surface area contributed by atoms with Gasteiger partial charge in [-0.25, -0.2) is 4.79 Å². The topological polar surface area (TPSA) is 72.0 Å². The van der Waals surface area contributed by atoms with Gasteiger partial charge in [-0.2, -0.15) is 0 Å². The lowest BCUT2D eigenvalue weighted by Crippen LogP contribution is -2.29. The molecule has 2 amide bonds. The van der Waals surface area contributed by atoms with Crippen molar-refractivity contribution >= 4 is 29.2 Å². The van der Waals surface area contributed by atoms with Crippen molar-refractivity contribution < 1.29 is 14.3 Å². The van der Waals surface area contributed by atoms with Gasteiger partial charge in [0.2, 0.25) is 5.90 Å². The van der Waals surface area contributed by atoms with Crippen molar-refractivity contribution in [1.82, 2.24) is 5.32 Å². The number of methoxy groups -OCH3 is 1. The number of halogens is 1. The van der Waals surface area contributed by atoms with E-state index in [1.807, 2.05) is 6.92 Å². The average Bonchev–Trinajstić information content (AvgIpc) is 2.59. The molecule has 136 valence electrons. The molecule has 0 aliphatic heterocycles. The Bertz CT molecular complexity index is 684. The second-order valence-electron chi connectivity index (χ2n) is 5.14. The van der Waals surface area contributed by atoms with E-state index in [0.717, 1.165) is 6.42 Å². The van der Waals surface area contributed by atoms with Gasteiger partial charge in [0.1, 0.15) is 5.75 Å². The van der Waals surface area contributed by atoms with E-state index in [9.17, 15) is 4.79 Å². The lowest BCUT2D eigenvalue weighted by atomic mass is 10.2. The van der Waals surface area contributed by atoms with Crippen molar-refractivity contribution in [2.24, 2.45) is 4.99 Å². The number of nitrogens with one attached hydrogen (secondary N) is 2. The molecule has 1 rings (SSSR count). The smallest absolute Gasteiger partial charge is 0.319 e. The van der Waals surface area contributed by atoms with E-state index in [2.05, 4.69) is 22.2 Å². The molecular formula is C18H24ClN3O3. The Morgan fingerprint density at radius 3 is 2.72 bits per heavy atom. The fourth-order valence-electron chi connectivity index (χ4n) is 1.80. The molecule has 0 saturated heterocycles. The molecule has 0 saturated carbocycles. The molecule has 0 fully saturated rings. The summed E-state index contributed by atoms with van der Waals surface area (Å²) < 4.78 is 10.8. The minimum Gasteiger partial charge on any atom is -0.501 e. The fourth-order valence-corrected chi connectivity index (χ4v) is 2.02. The van der Waals surface area contributed by atoms with Crippen LogP contribution in [0.3, 0.4) is 0 Å². The number of hydrogen-bond acceptors (Lipinski definition) is 4. The molecule has 0 bridgehead atoms. The van der Waals surface area contributed by atoms with Gasteiger partial charge in [0.05, 0.1) is 23.6 Å². The van der Waals surface area contributed by atoms with Gasteiger partial charge in [0.15, 0.2) is 0 Å². The summed E-state index contributed by atoms with van der Waals surface area (Å²) in [5.41, 5.74) is 1.06. The Morgan fingerprint density at radius 1 is 1.44 bits per heavy atom. The number of urea groups is 1. The third-order valence-corrected chi connectivity index (χ3v) is 3.43. The highest BCUT2D eigenvalue weighted by Gasteiger charge is 2.10. The minimum atomic E-state index is -0.304. The first kappa shape index (κ1) is 20.6. The van der Waals surface area contributed by atoms with Gasteiger partial charge >= 0.3 is 6.03 Å². The number of ether oxygens (including phenoxy) is 2. The second-order valence-corrected chi connectivity index (χ2v) is 5.54. The highest BCUT2D eigenvalue weighted by atomic mass is 35.5. The Labute approximate surface area is 153 Å². The van der Waals surface area contributed by atoms with E-state index in [0.29, 0.717) is 40.2 Å². The number of anilines is 1. The van der Waals surface area contributed by atoms with Crippen LogP contribution in [0.4, 0.5) is 10.5 Å². The van der Waals surface area contributed by atoms with Crippen LogP contribution in [-0.4, -0.2) is 32.6 Å². The van der Waals surface area contributed by atoms with Crippen molar-refractivity contribution in [3.8, 4) is 5.75 Å². The predicted octanol–water partition coefficient (Wildman–Crippen LogP) is 4.39. The first-order valence-electron chi connectivity index (χ1n) is 7.81. The maximum Gasteiger partial charge on any atom is 0.319 e. The molecule has 1 aromatic carbocycles. The maximum absolute atomic E-state index is 11.7. The van der Waals surface area contributed by atoms with E-state index in [4.69, 9.17) is 21.1 Å². The molecule has 6 nitrogen and oxygen atoms in total. The quantitative estimate of drug-likeness (QED) is 0.326. The van der Waals surface area contributed by atoms with Crippen LogP contribution in [0.15, 0.2) is 47.2 Å². The minimum absolute atomic E-state index is 0.304. The number of rotatable bonds is 7. The van der Waals surface area contributed by atoms with Crippen LogP contribution in [0.25, 0.3) is 0 Å². The monoisotopic (exact) mass is 365 g/mol. The Balaban J connectivity index is 2.82. The molecule has 0 heterocycles. The molecule has 0 radical (unpaired) electrons. The zero-order valence-electron chi connectivity index (χ0n) is 15.0. The summed E-state index contributed by atoms with van der Waals surface area (Å²) in [5.74, 6) is 1.51. The van der Waals surface area contributed by atoms with Gasteiger partial charge < -0.3 is 20.1 Å². The summed E-state index contributed by atoms with van der Waals surface area (Å²) in [6, 6.07) is 4.64. The summed E-state index contributed by atoms with van der Waals surface area (Å²) in [6.07, 6.45) is 2.58.